The summed E-state index contributed by atoms with van der Waals surface area (Å²) in [5, 5.41) is 5.40. The molecule has 1 N–H and O–H groups in total. The summed E-state index contributed by atoms with van der Waals surface area (Å²) in [7, 11) is -3.37. The molecule has 2 aliphatic carbocycles. The Bertz CT molecular complexity index is 1810. The number of halogens is 8. The van der Waals surface area contributed by atoms with Crippen molar-refractivity contribution in [3.8, 4) is 0 Å². The van der Waals surface area contributed by atoms with Gasteiger partial charge in [0.1, 0.15) is 20.7 Å². The molecule has 2 aromatic heterocycles. The van der Waals surface area contributed by atoms with Crippen molar-refractivity contribution in [3.05, 3.63) is 52.4 Å². The zero-order chi connectivity index (χ0) is 31.7. The molecule has 17 heteroatoms. The fourth-order valence-corrected chi connectivity index (χ4v) is 7.54. The van der Waals surface area contributed by atoms with Crippen molar-refractivity contribution in [2.75, 3.05) is 17.7 Å². The van der Waals surface area contributed by atoms with E-state index in [0.29, 0.717) is 0 Å². The number of hydrogen-bond donors (Lipinski definition) is 1. The van der Waals surface area contributed by atoms with Crippen LogP contribution in [-0.4, -0.2) is 65.1 Å². The Balaban J connectivity index is 1.33. The Labute approximate surface area is 245 Å². The van der Waals surface area contributed by atoms with Crippen molar-refractivity contribution < 1.29 is 43.9 Å². The average Bonchev–Trinajstić information content (AvgIpc) is 3.15. The summed E-state index contributed by atoms with van der Waals surface area (Å²) in [6, 6.07) is 2.27. The maximum Gasteiger partial charge on any atom is 0.401 e. The minimum absolute atomic E-state index is 0.00894. The molecule has 3 aromatic rings. The molecule has 3 atom stereocenters. The third-order valence-corrected chi connectivity index (χ3v) is 10.9. The minimum atomic E-state index is -4.88. The standard InChI is InChI=1S/C26H23ClF7N5O3S/c1-23(26(32,33)34)10-38(15-9-35-17-8-16(27)37-39(17)21(15)23)14-5-4-13(18(28)19(14)29)20-24(2,25(20,30)31)22(40)36-11-6-12(7-11)43(3,41)42/h4-5,8-9,11-12,20H,6-7,10H2,1-3H3,(H,36,40)/t11?,12?,20?,23-,24?/m1/s1. The van der Waals surface area contributed by atoms with E-state index in [9.17, 15) is 26.4 Å². The Kier molecular flexibility index (Phi) is 6.23. The van der Waals surface area contributed by atoms with Crippen LogP contribution >= 0.6 is 11.6 Å². The molecule has 43 heavy (non-hydrogen) atoms. The molecule has 3 heterocycles. The fourth-order valence-electron chi connectivity index (χ4n) is 6.20. The first-order valence-electron chi connectivity index (χ1n) is 13.0. The van der Waals surface area contributed by atoms with Crippen LogP contribution in [0.4, 0.5) is 42.1 Å². The number of carbonyl (C=O) groups is 1. The van der Waals surface area contributed by atoms with E-state index in [1.165, 1.54) is 6.07 Å². The molecule has 0 saturated heterocycles. The predicted molar refractivity (Wildman–Crippen MR) is 140 cm³/mol. The molecule has 2 saturated carbocycles. The number of nitrogens with zero attached hydrogens (tertiary/aromatic N) is 4. The number of rotatable bonds is 5. The first kappa shape index (κ1) is 29.9. The van der Waals surface area contributed by atoms with Gasteiger partial charge < -0.3 is 10.2 Å². The number of aromatic nitrogens is 3. The molecule has 1 aromatic carbocycles. The Hall–Kier alpha value is -3.14. The molecule has 232 valence electrons. The number of alkyl halides is 5. The van der Waals surface area contributed by atoms with Gasteiger partial charge in [0.25, 0.3) is 5.92 Å². The summed E-state index contributed by atoms with van der Waals surface area (Å²) in [4.78, 5) is 17.7. The molecule has 3 aliphatic rings. The molecule has 0 bridgehead atoms. The molecule has 2 unspecified atom stereocenters. The molecule has 1 amide bonds. The van der Waals surface area contributed by atoms with Crippen molar-refractivity contribution in [2.45, 2.75) is 61.4 Å². The average molecular weight is 654 g/mol. The lowest BCUT2D eigenvalue weighted by molar-refractivity contribution is -0.181. The largest absolute Gasteiger partial charge is 0.401 e. The van der Waals surface area contributed by atoms with E-state index in [0.717, 1.165) is 47.8 Å². The highest BCUT2D eigenvalue weighted by molar-refractivity contribution is 7.91. The molecular weight excluding hydrogens is 631 g/mol. The Morgan fingerprint density at radius 1 is 1.12 bits per heavy atom. The lowest BCUT2D eigenvalue weighted by Crippen LogP contribution is -2.51. The highest BCUT2D eigenvalue weighted by Gasteiger charge is 2.83. The van der Waals surface area contributed by atoms with Gasteiger partial charge in [0, 0.05) is 30.5 Å². The number of anilines is 2. The van der Waals surface area contributed by atoms with Crippen LogP contribution < -0.4 is 10.2 Å². The zero-order valence-electron chi connectivity index (χ0n) is 22.6. The molecule has 2 fully saturated rings. The van der Waals surface area contributed by atoms with Crippen molar-refractivity contribution in [2.24, 2.45) is 5.41 Å². The minimum Gasteiger partial charge on any atom is -0.353 e. The normalized spacial score (nSPS) is 29.8. The third-order valence-electron chi connectivity index (χ3n) is 9.10. The number of amides is 1. The van der Waals surface area contributed by atoms with Gasteiger partial charge >= 0.3 is 6.18 Å². The maximum absolute atomic E-state index is 15.6. The highest BCUT2D eigenvalue weighted by Crippen LogP contribution is 2.71. The van der Waals surface area contributed by atoms with E-state index in [2.05, 4.69) is 15.4 Å². The molecule has 0 radical (unpaired) electrons. The van der Waals surface area contributed by atoms with Gasteiger partial charge in [0.15, 0.2) is 22.4 Å². The van der Waals surface area contributed by atoms with E-state index in [1.807, 2.05) is 0 Å². The van der Waals surface area contributed by atoms with E-state index >= 15 is 17.6 Å². The first-order chi connectivity index (χ1) is 19.7. The topological polar surface area (TPSA) is 96.7 Å². The van der Waals surface area contributed by atoms with E-state index in [1.54, 1.807) is 0 Å². The second kappa shape index (κ2) is 8.96. The number of hydrogen-bond acceptors (Lipinski definition) is 6. The summed E-state index contributed by atoms with van der Waals surface area (Å²) in [5.41, 5.74) is -7.27. The van der Waals surface area contributed by atoms with Gasteiger partial charge in [0.05, 0.1) is 34.4 Å². The maximum atomic E-state index is 15.6. The van der Waals surface area contributed by atoms with Crippen molar-refractivity contribution in [1.29, 1.82) is 0 Å². The summed E-state index contributed by atoms with van der Waals surface area (Å²) >= 11 is 5.89. The third kappa shape index (κ3) is 4.07. The molecule has 8 nitrogen and oxygen atoms in total. The highest BCUT2D eigenvalue weighted by atomic mass is 35.5. The van der Waals surface area contributed by atoms with Gasteiger partial charge in [-0.15, -0.1) is 0 Å². The monoisotopic (exact) mass is 653 g/mol. The number of nitrogens with one attached hydrogen (secondary N) is 1. The smallest absolute Gasteiger partial charge is 0.353 e. The van der Waals surface area contributed by atoms with Crippen LogP contribution in [0.5, 0.6) is 0 Å². The van der Waals surface area contributed by atoms with E-state index in [-0.39, 0.29) is 29.3 Å². The van der Waals surface area contributed by atoms with Crippen LogP contribution in [0.2, 0.25) is 5.15 Å². The van der Waals surface area contributed by atoms with Gasteiger partial charge in [-0.05, 0) is 32.8 Å². The summed E-state index contributed by atoms with van der Waals surface area (Å²) in [6.07, 6.45) is -2.75. The summed E-state index contributed by atoms with van der Waals surface area (Å²) < 4.78 is 129. The first-order valence-corrected chi connectivity index (χ1v) is 15.3. The van der Waals surface area contributed by atoms with Gasteiger partial charge in [-0.1, -0.05) is 17.7 Å². The Morgan fingerprint density at radius 3 is 2.37 bits per heavy atom. The van der Waals surface area contributed by atoms with Crippen molar-refractivity contribution in [1.82, 2.24) is 19.9 Å². The van der Waals surface area contributed by atoms with Crippen LogP contribution in [0.25, 0.3) is 5.65 Å². The van der Waals surface area contributed by atoms with Gasteiger partial charge in [-0.3, -0.25) is 4.79 Å². The fraction of sp³-hybridized carbons (Fsp3) is 0.500. The van der Waals surface area contributed by atoms with Crippen molar-refractivity contribution in [3.63, 3.8) is 0 Å². The van der Waals surface area contributed by atoms with Gasteiger partial charge in [-0.25, -0.2) is 35.5 Å². The van der Waals surface area contributed by atoms with Gasteiger partial charge in [0.2, 0.25) is 5.91 Å². The van der Waals surface area contributed by atoms with Crippen LogP contribution in [0, 0.1) is 17.0 Å². The quantitative estimate of drug-likeness (QED) is 0.387. The van der Waals surface area contributed by atoms with Crippen LogP contribution in [0.15, 0.2) is 24.4 Å². The molecule has 0 spiro atoms. The second-order valence-corrected chi connectivity index (χ2v) is 14.5. The second-order valence-electron chi connectivity index (χ2n) is 11.8. The summed E-state index contributed by atoms with van der Waals surface area (Å²) in [6.45, 7) is 0.844. The van der Waals surface area contributed by atoms with Crippen LogP contribution in [0.1, 0.15) is 43.9 Å². The van der Waals surface area contributed by atoms with E-state index < -0.39 is 91.0 Å². The molecule has 6 rings (SSSR count). The Morgan fingerprint density at radius 2 is 1.77 bits per heavy atom. The predicted octanol–water partition coefficient (Wildman–Crippen LogP) is 5.06. The molecular formula is C26H23ClF7N5O3S. The van der Waals surface area contributed by atoms with E-state index in [4.69, 9.17) is 11.6 Å². The van der Waals surface area contributed by atoms with Crippen molar-refractivity contribution >= 4 is 44.4 Å². The number of carbonyl (C=O) groups excluding carboxylic acids is 1. The summed E-state index contributed by atoms with van der Waals surface area (Å²) in [5.74, 6) is -10.4. The number of fused-ring (bicyclic) bond motifs is 3. The number of benzene rings is 1. The number of sulfone groups is 1. The van der Waals surface area contributed by atoms with Crippen LogP contribution in [-0.2, 0) is 20.0 Å². The SMILES string of the molecule is CC1(C(=O)NC2CC(S(C)(=O)=O)C2)C(c2ccc(N3C[C@@](C)(C(F)(F)F)c4c3cnc3cc(Cl)nn43)c(F)c2F)C1(F)F. The molecule has 1 aliphatic heterocycles. The zero-order valence-corrected chi connectivity index (χ0v) is 24.2. The van der Waals surface area contributed by atoms with Crippen LogP contribution in [0.3, 0.4) is 0 Å². The van der Waals surface area contributed by atoms with Gasteiger partial charge in [-0.2, -0.15) is 18.3 Å². The lowest BCUT2D eigenvalue weighted by atomic mass is 9.87. The lowest BCUT2D eigenvalue weighted by Gasteiger charge is -2.35.